The molecule has 116 valence electrons. The maximum absolute atomic E-state index is 12.8. The number of hydrogen-bond donors (Lipinski definition) is 0. The topological polar surface area (TPSA) is 53.1 Å². The quantitative estimate of drug-likeness (QED) is 0.719. The lowest BCUT2D eigenvalue weighted by molar-refractivity contribution is 0.0696. The summed E-state index contributed by atoms with van der Waals surface area (Å²) in [5.74, 6) is 0.475. The van der Waals surface area contributed by atoms with Gasteiger partial charge in [0.15, 0.2) is 0 Å². The van der Waals surface area contributed by atoms with Gasteiger partial charge in [-0.25, -0.2) is 0 Å². The Morgan fingerprint density at radius 2 is 1.75 bits per heavy atom. The molecule has 0 unspecified atom stereocenters. The van der Waals surface area contributed by atoms with Gasteiger partial charge >= 0.3 is 0 Å². The van der Waals surface area contributed by atoms with Gasteiger partial charge in [-0.3, -0.25) is 0 Å². The molecule has 0 spiro atoms. The predicted octanol–water partition coefficient (Wildman–Crippen LogP) is -0.0205. The first-order valence-corrected chi connectivity index (χ1v) is 9.00. The van der Waals surface area contributed by atoms with Crippen molar-refractivity contribution in [3.8, 4) is 0 Å². The van der Waals surface area contributed by atoms with Crippen LogP contribution in [0.3, 0.4) is 0 Å². The first-order valence-electron chi connectivity index (χ1n) is 7.60. The highest BCUT2D eigenvalue weighted by molar-refractivity contribution is 7.86. The Hall–Kier alpha value is -0.210. The van der Waals surface area contributed by atoms with Crippen molar-refractivity contribution in [2.24, 2.45) is 5.92 Å². The molecule has 2 atom stereocenters. The molecule has 3 aliphatic rings. The van der Waals surface area contributed by atoms with Crippen LogP contribution in [0.15, 0.2) is 0 Å². The molecule has 3 fully saturated rings. The van der Waals surface area contributed by atoms with Crippen LogP contribution in [0.4, 0.5) is 0 Å². The van der Waals surface area contributed by atoms with E-state index < -0.39 is 10.2 Å². The molecule has 0 N–H and O–H groups in total. The number of nitrogens with zero attached hydrogens (tertiary/aromatic N) is 3. The fraction of sp³-hybridized carbons (Fsp3) is 1.00. The second kappa shape index (κ2) is 5.88. The van der Waals surface area contributed by atoms with E-state index in [0.29, 0.717) is 51.4 Å². The second-order valence-electron chi connectivity index (χ2n) is 6.23. The minimum atomic E-state index is -3.31. The van der Waals surface area contributed by atoms with Gasteiger partial charge in [0, 0.05) is 38.8 Å². The van der Waals surface area contributed by atoms with Gasteiger partial charge in [-0.05, 0) is 25.8 Å². The molecule has 3 rings (SSSR count). The largest absolute Gasteiger partial charge is 0.379 e. The van der Waals surface area contributed by atoms with Crippen LogP contribution in [-0.4, -0.2) is 81.0 Å². The van der Waals surface area contributed by atoms with E-state index in [4.69, 9.17) is 4.74 Å². The lowest BCUT2D eigenvalue weighted by atomic mass is 10.0. The molecule has 6 nitrogen and oxygen atoms in total. The van der Waals surface area contributed by atoms with Gasteiger partial charge in [-0.1, -0.05) is 6.42 Å². The highest BCUT2D eigenvalue weighted by Gasteiger charge is 2.38. The molecule has 0 saturated carbocycles. The fourth-order valence-electron chi connectivity index (χ4n) is 3.62. The van der Waals surface area contributed by atoms with Crippen LogP contribution in [-0.2, 0) is 14.9 Å². The predicted molar refractivity (Wildman–Crippen MR) is 76.6 cm³/mol. The number of fused-ring (bicyclic) bond motifs is 3. The summed E-state index contributed by atoms with van der Waals surface area (Å²) in [6, 6.07) is 0.373. The van der Waals surface area contributed by atoms with Crippen LogP contribution in [0.5, 0.6) is 0 Å². The minimum absolute atomic E-state index is 0.373. The first kappa shape index (κ1) is 14.7. The van der Waals surface area contributed by atoms with Crippen molar-refractivity contribution in [3.05, 3.63) is 0 Å². The Balaban J connectivity index is 1.78. The summed E-state index contributed by atoms with van der Waals surface area (Å²) in [5, 5.41) is 0. The standard InChI is InChI=1S/C13H25N3O3S/c1-14-9-12-3-2-4-13(14)11-16(10-12)20(17,18)15-5-7-19-8-6-15/h12-13H,2-11H2,1H3/t12-,13-/m0/s1. The fourth-order valence-corrected chi connectivity index (χ4v) is 5.31. The number of rotatable bonds is 2. The van der Waals surface area contributed by atoms with Crippen LogP contribution in [0, 0.1) is 5.92 Å². The second-order valence-corrected chi connectivity index (χ2v) is 8.15. The molecule has 2 bridgehead atoms. The molecule has 0 aromatic heterocycles. The summed E-state index contributed by atoms with van der Waals surface area (Å²) in [6.45, 7) is 4.36. The summed E-state index contributed by atoms with van der Waals surface area (Å²) < 4.78 is 34.2. The van der Waals surface area contributed by atoms with Gasteiger partial charge in [-0.15, -0.1) is 0 Å². The van der Waals surface area contributed by atoms with E-state index in [9.17, 15) is 8.42 Å². The van der Waals surface area contributed by atoms with E-state index in [2.05, 4.69) is 11.9 Å². The van der Waals surface area contributed by atoms with Gasteiger partial charge in [0.1, 0.15) is 0 Å². The van der Waals surface area contributed by atoms with Crippen molar-refractivity contribution in [2.75, 3.05) is 53.0 Å². The monoisotopic (exact) mass is 303 g/mol. The number of morpholine rings is 1. The summed E-state index contributed by atoms with van der Waals surface area (Å²) in [7, 11) is -1.18. The Bertz CT molecular complexity index is 436. The Kier molecular flexibility index (Phi) is 4.33. The van der Waals surface area contributed by atoms with Crippen molar-refractivity contribution < 1.29 is 13.2 Å². The minimum Gasteiger partial charge on any atom is -0.379 e. The molecule has 0 radical (unpaired) electrons. The van der Waals surface area contributed by atoms with Crippen molar-refractivity contribution in [3.63, 3.8) is 0 Å². The van der Waals surface area contributed by atoms with Crippen molar-refractivity contribution in [1.82, 2.24) is 13.5 Å². The normalized spacial score (nSPS) is 34.9. The van der Waals surface area contributed by atoms with Crippen LogP contribution in [0.1, 0.15) is 19.3 Å². The van der Waals surface area contributed by atoms with Crippen molar-refractivity contribution >= 4 is 10.2 Å². The Labute approximate surface area is 121 Å². The van der Waals surface area contributed by atoms with Crippen molar-refractivity contribution in [2.45, 2.75) is 25.3 Å². The average Bonchev–Trinajstić information content (AvgIpc) is 2.68. The molecule has 0 aromatic rings. The number of ether oxygens (including phenoxy) is 1. The van der Waals surface area contributed by atoms with Gasteiger partial charge in [0.25, 0.3) is 10.2 Å². The molecular formula is C13H25N3O3S. The highest BCUT2D eigenvalue weighted by Crippen LogP contribution is 2.28. The highest BCUT2D eigenvalue weighted by atomic mass is 32.2. The van der Waals surface area contributed by atoms with E-state index in [0.717, 1.165) is 19.4 Å². The van der Waals surface area contributed by atoms with Crippen molar-refractivity contribution in [1.29, 1.82) is 0 Å². The van der Waals surface area contributed by atoms with Gasteiger partial charge in [-0.2, -0.15) is 17.0 Å². The molecule has 0 amide bonds. The maximum atomic E-state index is 12.8. The third-order valence-corrected chi connectivity index (χ3v) is 6.79. The van der Waals surface area contributed by atoms with E-state index in [1.807, 2.05) is 0 Å². The van der Waals surface area contributed by atoms with E-state index in [1.165, 1.54) is 6.42 Å². The molecule has 20 heavy (non-hydrogen) atoms. The molecule has 0 aromatic carbocycles. The smallest absolute Gasteiger partial charge is 0.282 e. The van der Waals surface area contributed by atoms with Gasteiger partial charge < -0.3 is 9.64 Å². The zero-order chi connectivity index (χ0) is 14.2. The summed E-state index contributed by atoms with van der Waals surface area (Å²) in [4.78, 5) is 2.35. The number of likely N-dealkylation sites (N-methyl/N-ethyl adjacent to an activating group) is 1. The van der Waals surface area contributed by atoms with Crippen LogP contribution in [0.25, 0.3) is 0 Å². The zero-order valence-electron chi connectivity index (χ0n) is 12.2. The summed E-state index contributed by atoms with van der Waals surface area (Å²) >= 11 is 0. The van der Waals surface area contributed by atoms with Crippen LogP contribution < -0.4 is 0 Å². The third-order valence-electron chi connectivity index (χ3n) is 4.82. The molecule has 3 saturated heterocycles. The van der Waals surface area contributed by atoms with Crippen LogP contribution in [0.2, 0.25) is 0 Å². The lowest BCUT2D eigenvalue weighted by Crippen LogP contribution is -2.51. The first-order chi connectivity index (χ1) is 9.57. The van der Waals surface area contributed by atoms with Gasteiger partial charge in [0.2, 0.25) is 0 Å². The average molecular weight is 303 g/mol. The zero-order valence-corrected chi connectivity index (χ0v) is 13.0. The molecule has 3 aliphatic heterocycles. The van der Waals surface area contributed by atoms with Crippen LogP contribution >= 0.6 is 0 Å². The third kappa shape index (κ3) is 2.87. The van der Waals surface area contributed by atoms with E-state index in [-0.39, 0.29) is 0 Å². The molecule has 3 heterocycles. The Morgan fingerprint density at radius 3 is 2.50 bits per heavy atom. The number of hydrogen-bond acceptors (Lipinski definition) is 4. The van der Waals surface area contributed by atoms with E-state index in [1.54, 1.807) is 8.61 Å². The summed E-state index contributed by atoms with van der Waals surface area (Å²) in [6.07, 6.45) is 3.49. The molecule has 7 heteroatoms. The van der Waals surface area contributed by atoms with Gasteiger partial charge in [0.05, 0.1) is 13.2 Å². The molecular weight excluding hydrogens is 278 g/mol. The molecule has 0 aliphatic carbocycles. The summed E-state index contributed by atoms with van der Waals surface area (Å²) in [5.41, 5.74) is 0. The maximum Gasteiger partial charge on any atom is 0.282 e. The SMILES string of the molecule is CN1C[C@@H]2CCC[C@H]1CN(S(=O)(=O)N1CCOCC1)C2. The Morgan fingerprint density at radius 1 is 1.00 bits per heavy atom. The van der Waals surface area contributed by atoms with E-state index >= 15 is 0 Å². The lowest BCUT2D eigenvalue weighted by Gasteiger charge is -2.34.